The van der Waals surface area contributed by atoms with Crippen LogP contribution in [0.3, 0.4) is 0 Å². The Balaban J connectivity index is 1.71. The van der Waals surface area contributed by atoms with Crippen LogP contribution in [0.2, 0.25) is 10.0 Å². The Morgan fingerprint density at radius 2 is 1.88 bits per heavy atom. The zero-order chi connectivity index (χ0) is 18.1. The van der Waals surface area contributed by atoms with E-state index in [4.69, 9.17) is 27.9 Å². The molecule has 0 bridgehead atoms. The second kappa shape index (κ2) is 6.94. The second-order valence-corrected chi connectivity index (χ2v) is 6.69. The van der Waals surface area contributed by atoms with Crippen LogP contribution in [0.15, 0.2) is 30.3 Å². The molecule has 7 heteroatoms. The average Bonchev–Trinajstić information content (AvgIpc) is 2.94. The van der Waals surface area contributed by atoms with Gasteiger partial charge >= 0.3 is 6.09 Å². The van der Waals surface area contributed by atoms with Crippen molar-refractivity contribution in [2.24, 2.45) is 0 Å². The first-order chi connectivity index (χ1) is 11.8. The fraction of sp³-hybridized carbons (Fsp3) is 0.222. The summed E-state index contributed by atoms with van der Waals surface area (Å²) in [5.41, 5.74) is 4.60. The largest absolute Gasteiger partial charge is 0.438 e. The molecule has 25 heavy (non-hydrogen) atoms. The lowest BCUT2D eigenvalue weighted by atomic mass is 10.1. The number of carbonyl (C=O) groups excluding carboxylic acids is 1. The molecule has 1 aromatic heterocycles. The van der Waals surface area contributed by atoms with Crippen LogP contribution in [-0.4, -0.2) is 16.1 Å². The second-order valence-electron chi connectivity index (χ2n) is 5.88. The van der Waals surface area contributed by atoms with Crippen LogP contribution >= 0.6 is 23.2 Å². The van der Waals surface area contributed by atoms with E-state index in [1.807, 2.05) is 26.0 Å². The summed E-state index contributed by atoms with van der Waals surface area (Å²) >= 11 is 11.8. The molecule has 0 fully saturated rings. The Morgan fingerprint density at radius 1 is 1.16 bits per heavy atom. The third-order valence-electron chi connectivity index (χ3n) is 3.95. The van der Waals surface area contributed by atoms with Gasteiger partial charge in [-0.15, -0.1) is 0 Å². The highest BCUT2D eigenvalue weighted by molar-refractivity contribution is 6.42. The smallest absolute Gasteiger partial charge is 0.412 e. The van der Waals surface area contributed by atoms with Crippen LogP contribution in [0.1, 0.15) is 30.0 Å². The van der Waals surface area contributed by atoms with Gasteiger partial charge in [-0.05, 0) is 62.2 Å². The number of nitrogens with one attached hydrogen (secondary N) is 2. The standard InChI is InChI=1S/C18H17Cl2N3O2/c1-9-6-15-16(7-10(9)2)23-17(22-15)11(3)25-18(24)21-12-4-5-13(19)14(20)8-12/h4-8,11H,1-3H3,(H,21,24)(H,22,23). The summed E-state index contributed by atoms with van der Waals surface area (Å²) in [5, 5.41) is 3.39. The van der Waals surface area contributed by atoms with E-state index in [-0.39, 0.29) is 0 Å². The van der Waals surface area contributed by atoms with E-state index in [0.717, 1.165) is 16.6 Å². The molecule has 0 saturated heterocycles. The number of hydrogen-bond acceptors (Lipinski definition) is 3. The predicted molar refractivity (Wildman–Crippen MR) is 101 cm³/mol. The fourth-order valence-electron chi connectivity index (χ4n) is 2.42. The normalized spacial score (nSPS) is 12.2. The van der Waals surface area contributed by atoms with E-state index in [9.17, 15) is 4.79 Å². The Morgan fingerprint density at radius 3 is 2.60 bits per heavy atom. The molecule has 1 unspecified atom stereocenters. The van der Waals surface area contributed by atoms with Crippen molar-refractivity contribution in [1.82, 2.24) is 9.97 Å². The third-order valence-corrected chi connectivity index (χ3v) is 4.69. The number of carbonyl (C=O) groups is 1. The van der Waals surface area contributed by atoms with Crippen molar-refractivity contribution in [3.8, 4) is 0 Å². The molecule has 1 atom stereocenters. The van der Waals surface area contributed by atoms with Gasteiger partial charge in [0.15, 0.2) is 6.10 Å². The molecular weight excluding hydrogens is 361 g/mol. The summed E-state index contributed by atoms with van der Waals surface area (Å²) in [7, 11) is 0. The number of ether oxygens (including phenoxy) is 1. The number of amides is 1. The van der Waals surface area contributed by atoms with E-state index >= 15 is 0 Å². The first-order valence-corrected chi connectivity index (χ1v) is 8.48. The number of anilines is 1. The zero-order valence-electron chi connectivity index (χ0n) is 14.0. The molecule has 0 aliphatic heterocycles. The molecule has 0 aliphatic carbocycles. The Bertz CT molecular complexity index is 914. The predicted octanol–water partition coefficient (Wildman–Crippen LogP) is 5.80. The number of imidazole rings is 1. The third kappa shape index (κ3) is 3.89. The molecule has 0 saturated carbocycles. The molecule has 5 nitrogen and oxygen atoms in total. The minimum atomic E-state index is -0.598. The SMILES string of the molecule is Cc1cc2nc(C(C)OC(=O)Nc3ccc(Cl)c(Cl)c3)[nH]c2cc1C. The minimum absolute atomic E-state index is 0.357. The zero-order valence-corrected chi connectivity index (χ0v) is 15.5. The highest BCUT2D eigenvalue weighted by atomic mass is 35.5. The van der Waals surface area contributed by atoms with E-state index in [1.54, 1.807) is 25.1 Å². The number of halogens is 2. The van der Waals surface area contributed by atoms with E-state index in [1.165, 1.54) is 5.56 Å². The van der Waals surface area contributed by atoms with Gasteiger partial charge in [0.1, 0.15) is 5.82 Å². The van der Waals surface area contributed by atoms with Gasteiger partial charge < -0.3 is 9.72 Å². The molecular formula is C18H17Cl2N3O2. The van der Waals surface area contributed by atoms with E-state index in [2.05, 4.69) is 15.3 Å². The van der Waals surface area contributed by atoms with E-state index < -0.39 is 12.2 Å². The van der Waals surface area contributed by atoms with Crippen molar-refractivity contribution in [3.63, 3.8) is 0 Å². The quantitative estimate of drug-likeness (QED) is 0.606. The number of rotatable bonds is 3. The molecule has 2 N–H and O–H groups in total. The molecule has 1 heterocycles. The summed E-state index contributed by atoms with van der Waals surface area (Å²) in [4.78, 5) is 19.8. The average molecular weight is 378 g/mol. The van der Waals surface area contributed by atoms with Gasteiger partial charge in [0.2, 0.25) is 0 Å². The van der Waals surface area contributed by atoms with Crippen molar-refractivity contribution in [1.29, 1.82) is 0 Å². The van der Waals surface area contributed by atoms with Gasteiger partial charge in [-0.25, -0.2) is 9.78 Å². The van der Waals surface area contributed by atoms with Crippen LogP contribution < -0.4 is 5.32 Å². The monoisotopic (exact) mass is 377 g/mol. The number of hydrogen-bond donors (Lipinski definition) is 2. The summed E-state index contributed by atoms with van der Waals surface area (Å²) in [6, 6.07) is 8.85. The van der Waals surface area contributed by atoms with Crippen molar-refractivity contribution >= 4 is 46.0 Å². The summed E-state index contributed by atoms with van der Waals surface area (Å²) in [5.74, 6) is 0.587. The lowest BCUT2D eigenvalue weighted by Crippen LogP contribution is -2.16. The topological polar surface area (TPSA) is 67.0 Å². The minimum Gasteiger partial charge on any atom is -0.438 e. The van der Waals surface area contributed by atoms with Crippen LogP contribution in [-0.2, 0) is 4.74 Å². The van der Waals surface area contributed by atoms with Crippen LogP contribution in [0.5, 0.6) is 0 Å². The molecule has 130 valence electrons. The highest BCUT2D eigenvalue weighted by Gasteiger charge is 2.16. The van der Waals surface area contributed by atoms with Crippen molar-refractivity contribution in [3.05, 3.63) is 57.3 Å². The van der Waals surface area contributed by atoms with E-state index in [0.29, 0.717) is 21.6 Å². The van der Waals surface area contributed by atoms with Crippen molar-refractivity contribution < 1.29 is 9.53 Å². The molecule has 3 aromatic rings. The maximum absolute atomic E-state index is 12.1. The lowest BCUT2D eigenvalue weighted by Gasteiger charge is -2.12. The van der Waals surface area contributed by atoms with Gasteiger partial charge in [0.05, 0.1) is 21.1 Å². The first-order valence-electron chi connectivity index (χ1n) is 7.73. The maximum Gasteiger partial charge on any atom is 0.412 e. The summed E-state index contributed by atoms with van der Waals surface area (Å²) in [6.45, 7) is 5.83. The fourth-order valence-corrected chi connectivity index (χ4v) is 2.72. The lowest BCUT2D eigenvalue weighted by molar-refractivity contribution is 0.117. The Labute approximate surface area is 155 Å². The molecule has 0 radical (unpaired) electrons. The van der Waals surface area contributed by atoms with Gasteiger partial charge in [-0.3, -0.25) is 5.32 Å². The summed E-state index contributed by atoms with van der Waals surface area (Å²) in [6.07, 6.45) is -1.13. The Hall–Kier alpha value is -2.24. The number of fused-ring (bicyclic) bond motifs is 1. The summed E-state index contributed by atoms with van der Waals surface area (Å²) < 4.78 is 5.38. The molecule has 1 amide bonds. The van der Waals surface area contributed by atoms with Crippen molar-refractivity contribution in [2.45, 2.75) is 26.9 Å². The number of H-pyrrole nitrogens is 1. The molecule has 0 spiro atoms. The van der Waals surface area contributed by atoms with Crippen LogP contribution in [0.4, 0.5) is 10.5 Å². The maximum atomic E-state index is 12.1. The van der Waals surface area contributed by atoms with Crippen LogP contribution in [0, 0.1) is 13.8 Å². The molecule has 0 aliphatic rings. The molecule has 3 rings (SSSR count). The first kappa shape index (κ1) is 17.6. The number of aromatic amines is 1. The van der Waals surface area contributed by atoms with Gasteiger partial charge in [-0.2, -0.15) is 0 Å². The number of nitrogens with zero attached hydrogens (tertiary/aromatic N) is 1. The number of benzene rings is 2. The molecule has 2 aromatic carbocycles. The van der Waals surface area contributed by atoms with Crippen molar-refractivity contribution in [2.75, 3.05) is 5.32 Å². The van der Waals surface area contributed by atoms with Gasteiger partial charge in [-0.1, -0.05) is 23.2 Å². The highest BCUT2D eigenvalue weighted by Crippen LogP contribution is 2.26. The van der Waals surface area contributed by atoms with Gasteiger partial charge in [0, 0.05) is 5.69 Å². The Kier molecular flexibility index (Phi) is 4.88. The number of aromatic nitrogens is 2. The number of aryl methyl sites for hydroxylation is 2. The van der Waals surface area contributed by atoms with Gasteiger partial charge in [0.25, 0.3) is 0 Å². The van der Waals surface area contributed by atoms with Crippen LogP contribution in [0.25, 0.3) is 11.0 Å².